The summed E-state index contributed by atoms with van der Waals surface area (Å²) in [6.45, 7) is 4.39. The highest BCUT2D eigenvalue weighted by atomic mass is 35.6. The van der Waals surface area contributed by atoms with Crippen LogP contribution in [0.2, 0.25) is 0 Å². The number of nitrogens with one attached hydrogen (secondary N) is 1. The van der Waals surface area contributed by atoms with Crippen LogP contribution >= 0.6 is 23.7 Å². The molecule has 0 aromatic carbocycles. The number of aromatic nitrogens is 5. The summed E-state index contributed by atoms with van der Waals surface area (Å²) in [5.41, 5.74) is 5.71. The predicted molar refractivity (Wildman–Crippen MR) is 144 cm³/mol. The number of pyridine rings is 2. The molecule has 0 aliphatic carbocycles. The molecular weight excluding hydrogens is 511 g/mol. The van der Waals surface area contributed by atoms with E-state index in [2.05, 4.69) is 72.3 Å². The van der Waals surface area contributed by atoms with Crippen LogP contribution in [0.1, 0.15) is 31.2 Å². The summed E-state index contributed by atoms with van der Waals surface area (Å²) < 4.78 is 6.77. The molecule has 2 saturated heterocycles. The molecule has 6 rings (SSSR count). The molecule has 11 heteroatoms. The number of halogens is 2. The van der Waals surface area contributed by atoms with Crippen molar-refractivity contribution in [1.82, 2.24) is 29.7 Å². The van der Waals surface area contributed by atoms with Crippen LogP contribution in [0.25, 0.3) is 27.8 Å². The smallest absolute Gasteiger partial charge is 0.128 e. The first kappa shape index (κ1) is 25.5. The fraction of sp³-hybridized carbons (Fsp3) is 0.385. The van der Waals surface area contributed by atoms with Gasteiger partial charge in [0.2, 0.25) is 0 Å². The third-order valence-corrected chi connectivity index (χ3v) is 7.48. The maximum absolute atomic E-state index is 9.68. The SMILES string of the molecule is ClOCl.Cn1cc(-c2cc(-c3ccc(N4CCCC5(CCNCC5)C4)nc3)c3c(C#N)cnn3c2)cn1. The largest absolute Gasteiger partial charge is 0.356 e. The lowest BCUT2D eigenvalue weighted by Crippen LogP contribution is -2.48. The lowest BCUT2D eigenvalue weighted by Gasteiger charge is -2.45. The number of hydrogen-bond donors (Lipinski definition) is 1. The van der Waals surface area contributed by atoms with Gasteiger partial charge in [-0.2, -0.15) is 19.3 Å². The quantitative estimate of drug-likeness (QED) is 0.394. The first-order valence-corrected chi connectivity index (χ1v) is 12.9. The van der Waals surface area contributed by atoms with Crippen molar-refractivity contribution in [2.75, 3.05) is 31.1 Å². The van der Waals surface area contributed by atoms with Crippen LogP contribution in [0.4, 0.5) is 5.82 Å². The Kier molecular flexibility index (Phi) is 7.63. The van der Waals surface area contributed by atoms with Gasteiger partial charge in [-0.1, -0.05) is 0 Å². The second-order valence-electron chi connectivity index (χ2n) is 9.75. The van der Waals surface area contributed by atoms with Gasteiger partial charge in [-0.3, -0.25) is 4.68 Å². The van der Waals surface area contributed by atoms with Crippen molar-refractivity contribution in [2.45, 2.75) is 25.7 Å². The molecule has 0 atom stereocenters. The minimum Gasteiger partial charge on any atom is -0.356 e. The Balaban J connectivity index is 0.000000892. The molecule has 2 aliphatic rings. The van der Waals surface area contributed by atoms with E-state index in [1.165, 1.54) is 25.7 Å². The van der Waals surface area contributed by atoms with E-state index >= 15 is 0 Å². The van der Waals surface area contributed by atoms with Gasteiger partial charge < -0.3 is 10.2 Å². The first-order valence-electron chi connectivity index (χ1n) is 12.3. The van der Waals surface area contributed by atoms with E-state index in [1.54, 1.807) is 15.4 Å². The van der Waals surface area contributed by atoms with Crippen LogP contribution in [0.15, 0.2) is 49.2 Å². The van der Waals surface area contributed by atoms with Gasteiger partial charge in [0.1, 0.15) is 11.9 Å². The van der Waals surface area contributed by atoms with Crippen molar-refractivity contribution in [3.63, 3.8) is 0 Å². The van der Waals surface area contributed by atoms with E-state index in [9.17, 15) is 5.26 Å². The van der Waals surface area contributed by atoms with Crippen LogP contribution < -0.4 is 10.2 Å². The third kappa shape index (κ3) is 5.29. The van der Waals surface area contributed by atoms with Gasteiger partial charge in [0.15, 0.2) is 0 Å². The molecule has 0 bridgehead atoms. The zero-order valence-corrected chi connectivity index (χ0v) is 22.1. The second kappa shape index (κ2) is 11.1. The summed E-state index contributed by atoms with van der Waals surface area (Å²) in [6.07, 6.45) is 14.4. The van der Waals surface area contributed by atoms with E-state index < -0.39 is 0 Å². The van der Waals surface area contributed by atoms with Gasteiger partial charge in [-0.15, -0.1) is 0 Å². The number of rotatable bonds is 3. The normalized spacial score (nSPS) is 16.9. The van der Waals surface area contributed by atoms with Crippen molar-refractivity contribution < 1.29 is 3.84 Å². The van der Waals surface area contributed by atoms with Gasteiger partial charge in [-0.05, 0) is 62.4 Å². The Hall–Kier alpha value is -3.16. The van der Waals surface area contributed by atoms with Crippen molar-refractivity contribution >= 4 is 35.1 Å². The Morgan fingerprint density at radius 3 is 2.51 bits per heavy atom. The van der Waals surface area contributed by atoms with Crippen LogP contribution in [0.5, 0.6) is 0 Å². The number of piperidine rings is 2. The number of anilines is 1. The first-order chi connectivity index (χ1) is 18.1. The summed E-state index contributed by atoms with van der Waals surface area (Å²) >= 11 is 8.53. The highest BCUT2D eigenvalue weighted by molar-refractivity contribution is 6.24. The number of fused-ring (bicyclic) bond motifs is 1. The zero-order valence-electron chi connectivity index (χ0n) is 20.6. The maximum atomic E-state index is 9.68. The average Bonchev–Trinajstić information content (AvgIpc) is 3.55. The summed E-state index contributed by atoms with van der Waals surface area (Å²) in [7, 11) is 1.90. The van der Waals surface area contributed by atoms with Crippen LogP contribution in [-0.4, -0.2) is 50.6 Å². The standard InChI is InChI=1S/C26H28N8.Cl2O/c1-32-16-22(15-30-32)20-11-23(25-21(12-27)14-31-34(25)17-20)19-3-4-24(29-13-19)33-10-2-5-26(18-33)6-8-28-9-7-26;1-3-2/h3-4,11,13-17,28H,2,5-10,18H2,1H3;. The fourth-order valence-electron chi connectivity index (χ4n) is 5.65. The van der Waals surface area contributed by atoms with Gasteiger partial charge in [-0.25, -0.2) is 9.50 Å². The Bertz CT molecular complexity index is 1400. The predicted octanol–water partition coefficient (Wildman–Crippen LogP) is 4.95. The second-order valence-corrected chi connectivity index (χ2v) is 10.2. The van der Waals surface area contributed by atoms with Gasteiger partial charge in [0.05, 0.1) is 47.2 Å². The number of hydrogen-bond acceptors (Lipinski definition) is 7. The number of nitrogens with zero attached hydrogens (tertiary/aromatic N) is 7. The van der Waals surface area contributed by atoms with E-state index in [0.717, 1.165) is 59.8 Å². The van der Waals surface area contributed by atoms with Crippen molar-refractivity contribution in [1.29, 1.82) is 5.26 Å². The lowest BCUT2D eigenvalue weighted by molar-refractivity contribution is 0.166. The van der Waals surface area contributed by atoms with E-state index in [0.29, 0.717) is 11.0 Å². The molecule has 4 aromatic rings. The molecule has 192 valence electrons. The minimum absolute atomic E-state index is 0.424. The molecular formula is C26H28Cl2N8O. The topological polar surface area (TPSA) is 96.3 Å². The molecule has 1 N–H and O–H groups in total. The number of nitriles is 1. The summed E-state index contributed by atoms with van der Waals surface area (Å²) in [5.74, 6) is 1.04. The molecule has 9 nitrogen and oxygen atoms in total. The van der Waals surface area contributed by atoms with Gasteiger partial charge in [0.25, 0.3) is 0 Å². The van der Waals surface area contributed by atoms with E-state index in [4.69, 9.17) is 4.98 Å². The summed E-state index contributed by atoms with van der Waals surface area (Å²) in [4.78, 5) is 7.35. The zero-order chi connectivity index (χ0) is 25.8. The maximum Gasteiger partial charge on any atom is 0.128 e. The van der Waals surface area contributed by atoms with E-state index in [1.807, 2.05) is 31.8 Å². The van der Waals surface area contributed by atoms with Crippen LogP contribution in [0, 0.1) is 16.7 Å². The Morgan fingerprint density at radius 1 is 1.03 bits per heavy atom. The molecule has 0 radical (unpaired) electrons. The Labute approximate surface area is 225 Å². The highest BCUT2D eigenvalue weighted by Crippen LogP contribution is 2.39. The van der Waals surface area contributed by atoms with E-state index in [-0.39, 0.29) is 0 Å². The molecule has 2 fully saturated rings. The molecule has 37 heavy (non-hydrogen) atoms. The molecule has 0 saturated carbocycles. The van der Waals surface area contributed by atoms with Crippen LogP contribution in [0.3, 0.4) is 0 Å². The van der Waals surface area contributed by atoms with Crippen molar-refractivity contribution in [2.24, 2.45) is 12.5 Å². The monoisotopic (exact) mass is 538 g/mol. The molecule has 0 unspecified atom stereocenters. The fourth-order valence-corrected chi connectivity index (χ4v) is 5.65. The third-order valence-electron chi connectivity index (χ3n) is 7.48. The van der Waals surface area contributed by atoms with Gasteiger partial charge >= 0.3 is 0 Å². The molecule has 4 aromatic heterocycles. The summed E-state index contributed by atoms with van der Waals surface area (Å²) in [6, 6.07) is 8.65. The van der Waals surface area contributed by atoms with Crippen LogP contribution in [-0.2, 0) is 10.9 Å². The van der Waals surface area contributed by atoms with Crippen molar-refractivity contribution in [3.05, 3.63) is 54.7 Å². The number of aryl methyl sites for hydroxylation is 1. The Morgan fingerprint density at radius 2 is 1.84 bits per heavy atom. The molecule has 0 amide bonds. The minimum atomic E-state index is 0.424. The summed E-state index contributed by atoms with van der Waals surface area (Å²) in [5, 5.41) is 21.9. The lowest BCUT2D eigenvalue weighted by atomic mass is 9.73. The average molecular weight is 539 g/mol. The van der Waals surface area contributed by atoms with Crippen molar-refractivity contribution in [3.8, 4) is 28.3 Å². The van der Waals surface area contributed by atoms with Gasteiger partial charge in [0, 0.05) is 61.0 Å². The molecule has 1 spiro atoms. The molecule has 2 aliphatic heterocycles. The highest BCUT2D eigenvalue weighted by Gasteiger charge is 2.36. The molecule has 6 heterocycles.